The Labute approximate surface area is 147 Å². The molecule has 0 radical (unpaired) electrons. The van der Waals surface area contributed by atoms with Gasteiger partial charge in [0.05, 0.1) is 5.92 Å². The summed E-state index contributed by atoms with van der Waals surface area (Å²) >= 11 is 0. The highest BCUT2D eigenvalue weighted by Gasteiger charge is 2.26. The number of nitrogens with one attached hydrogen (secondary N) is 2. The molecule has 1 aromatic carbocycles. The van der Waals surface area contributed by atoms with Crippen molar-refractivity contribution in [2.45, 2.75) is 12.8 Å². The van der Waals surface area contributed by atoms with E-state index in [1.165, 1.54) is 4.90 Å². The van der Waals surface area contributed by atoms with Crippen LogP contribution in [0.15, 0.2) is 24.3 Å². The summed E-state index contributed by atoms with van der Waals surface area (Å²) in [6.45, 7) is 1.92. The van der Waals surface area contributed by atoms with Gasteiger partial charge in [-0.3, -0.25) is 9.59 Å². The molecule has 1 aromatic rings. The van der Waals surface area contributed by atoms with Crippen molar-refractivity contribution in [2.75, 3.05) is 44.4 Å². The molecular formula is C17H25N5O3. The standard InChI is InChI=1S/C17H25N5O3/c1-21-8-6-12(11-21)16(24)19-13-4-3-5-14(10-13)20-17(25)22(2)9-7-15(18)23/h3-5,10,12H,6-9,11H2,1-2H3,(H2,18,23)(H,19,24)(H,20,25). The molecule has 1 aliphatic rings. The van der Waals surface area contributed by atoms with Crippen molar-refractivity contribution >= 4 is 29.2 Å². The number of amides is 4. The number of nitrogens with two attached hydrogens (primary N) is 1. The molecule has 0 spiro atoms. The van der Waals surface area contributed by atoms with Crippen LogP contribution in [0.2, 0.25) is 0 Å². The number of benzene rings is 1. The van der Waals surface area contributed by atoms with E-state index in [-0.39, 0.29) is 30.8 Å². The second-order valence-electron chi connectivity index (χ2n) is 6.39. The van der Waals surface area contributed by atoms with Gasteiger partial charge in [0.25, 0.3) is 0 Å². The number of nitrogens with zero attached hydrogens (tertiary/aromatic N) is 2. The molecule has 136 valence electrons. The maximum absolute atomic E-state index is 12.3. The van der Waals surface area contributed by atoms with Crippen molar-refractivity contribution in [1.29, 1.82) is 0 Å². The first-order valence-corrected chi connectivity index (χ1v) is 8.25. The molecule has 0 saturated carbocycles. The van der Waals surface area contributed by atoms with Crippen LogP contribution in [0.3, 0.4) is 0 Å². The van der Waals surface area contributed by atoms with Gasteiger partial charge in [0.15, 0.2) is 0 Å². The molecule has 8 nitrogen and oxygen atoms in total. The van der Waals surface area contributed by atoms with Crippen molar-refractivity contribution in [3.63, 3.8) is 0 Å². The van der Waals surface area contributed by atoms with Gasteiger partial charge in [-0.15, -0.1) is 0 Å². The summed E-state index contributed by atoms with van der Waals surface area (Å²) in [6, 6.07) is 6.63. The Hall–Kier alpha value is -2.61. The fraction of sp³-hybridized carbons (Fsp3) is 0.471. The highest BCUT2D eigenvalue weighted by molar-refractivity contribution is 5.94. The van der Waals surface area contributed by atoms with Crippen molar-refractivity contribution in [3.8, 4) is 0 Å². The predicted molar refractivity (Wildman–Crippen MR) is 96.1 cm³/mol. The minimum atomic E-state index is -0.457. The maximum atomic E-state index is 12.3. The molecule has 1 atom stereocenters. The summed E-state index contributed by atoms with van der Waals surface area (Å²) in [6.07, 6.45) is 0.958. The van der Waals surface area contributed by atoms with Gasteiger partial charge in [-0.05, 0) is 38.2 Å². The van der Waals surface area contributed by atoms with Gasteiger partial charge in [-0.2, -0.15) is 0 Å². The summed E-state index contributed by atoms with van der Waals surface area (Å²) in [5, 5.41) is 5.63. The van der Waals surface area contributed by atoms with Crippen LogP contribution in [0.25, 0.3) is 0 Å². The number of anilines is 2. The molecule has 8 heteroatoms. The summed E-state index contributed by atoms with van der Waals surface area (Å²) < 4.78 is 0. The number of rotatable bonds is 6. The van der Waals surface area contributed by atoms with Crippen molar-refractivity contribution in [1.82, 2.24) is 9.80 Å². The van der Waals surface area contributed by atoms with Crippen molar-refractivity contribution in [2.24, 2.45) is 11.7 Å². The van der Waals surface area contributed by atoms with Gasteiger partial charge in [0.1, 0.15) is 0 Å². The van der Waals surface area contributed by atoms with Crippen LogP contribution in [-0.2, 0) is 9.59 Å². The van der Waals surface area contributed by atoms with Crippen LogP contribution in [0.1, 0.15) is 12.8 Å². The number of carbonyl (C=O) groups is 3. The summed E-state index contributed by atoms with van der Waals surface area (Å²) in [4.78, 5) is 38.6. The van der Waals surface area contributed by atoms with Gasteiger partial charge in [0, 0.05) is 37.9 Å². The van der Waals surface area contributed by atoms with Crippen LogP contribution in [0, 0.1) is 5.92 Å². The highest BCUT2D eigenvalue weighted by atomic mass is 16.2. The van der Waals surface area contributed by atoms with Crippen LogP contribution < -0.4 is 16.4 Å². The lowest BCUT2D eigenvalue weighted by Crippen LogP contribution is -2.34. The van der Waals surface area contributed by atoms with Crippen LogP contribution in [0.5, 0.6) is 0 Å². The summed E-state index contributed by atoms with van der Waals surface area (Å²) in [5.41, 5.74) is 6.28. The summed E-state index contributed by atoms with van der Waals surface area (Å²) in [5.74, 6) is -0.475. The van der Waals surface area contributed by atoms with E-state index in [1.54, 1.807) is 31.3 Å². The zero-order valence-electron chi connectivity index (χ0n) is 14.6. The monoisotopic (exact) mass is 347 g/mol. The minimum Gasteiger partial charge on any atom is -0.370 e. The van der Waals surface area contributed by atoms with E-state index in [1.807, 2.05) is 7.05 Å². The maximum Gasteiger partial charge on any atom is 0.321 e. The quantitative estimate of drug-likeness (QED) is 0.711. The van der Waals surface area contributed by atoms with E-state index in [0.717, 1.165) is 19.5 Å². The van der Waals surface area contributed by atoms with E-state index in [9.17, 15) is 14.4 Å². The third-order valence-electron chi connectivity index (χ3n) is 4.18. The predicted octanol–water partition coefficient (Wildman–Crippen LogP) is 0.916. The first-order chi connectivity index (χ1) is 11.8. The minimum absolute atomic E-state index is 0.00796. The van der Waals surface area contributed by atoms with E-state index in [2.05, 4.69) is 15.5 Å². The molecule has 4 amide bonds. The topological polar surface area (TPSA) is 108 Å². The number of carbonyl (C=O) groups excluding carboxylic acids is 3. The Morgan fingerprint density at radius 1 is 1.28 bits per heavy atom. The zero-order chi connectivity index (χ0) is 18.4. The molecule has 25 heavy (non-hydrogen) atoms. The zero-order valence-corrected chi connectivity index (χ0v) is 14.6. The normalized spacial score (nSPS) is 17.1. The molecule has 0 aromatic heterocycles. The molecule has 1 unspecified atom stereocenters. The largest absolute Gasteiger partial charge is 0.370 e. The molecule has 1 heterocycles. The van der Waals surface area contributed by atoms with Gasteiger partial charge in [-0.25, -0.2) is 4.79 Å². The Bertz CT molecular complexity index is 649. The molecule has 1 fully saturated rings. The number of likely N-dealkylation sites (tertiary alicyclic amines) is 1. The SMILES string of the molecule is CN1CCC(C(=O)Nc2cccc(NC(=O)N(C)CCC(N)=O)c2)C1. The average molecular weight is 347 g/mol. The average Bonchev–Trinajstić information content (AvgIpc) is 2.99. The lowest BCUT2D eigenvalue weighted by atomic mass is 10.1. The Morgan fingerprint density at radius 3 is 2.56 bits per heavy atom. The molecular weight excluding hydrogens is 322 g/mol. The number of hydrogen-bond acceptors (Lipinski definition) is 4. The van der Waals surface area contributed by atoms with Gasteiger partial charge < -0.3 is 26.2 Å². The lowest BCUT2D eigenvalue weighted by molar-refractivity contribution is -0.119. The summed E-state index contributed by atoms with van der Waals surface area (Å²) in [7, 11) is 3.58. The second-order valence-corrected chi connectivity index (χ2v) is 6.39. The van der Waals surface area contributed by atoms with Crippen LogP contribution in [0.4, 0.5) is 16.2 Å². The molecule has 2 rings (SSSR count). The van der Waals surface area contributed by atoms with Crippen molar-refractivity contribution < 1.29 is 14.4 Å². The molecule has 1 aliphatic heterocycles. The van der Waals surface area contributed by atoms with Crippen molar-refractivity contribution in [3.05, 3.63) is 24.3 Å². The van der Waals surface area contributed by atoms with E-state index < -0.39 is 5.91 Å². The Kier molecular flexibility index (Phi) is 6.35. The Morgan fingerprint density at radius 2 is 1.96 bits per heavy atom. The van der Waals surface area contributed by atoms with Gasteiger partial charge in [0.2, 0.25) is 11.8 Å². The van der Waals surface area contributed by atoms with Gasteiger partial charge in [-0.1, -0.05) is 6.07 Å². The van der Waals surface area contributed by atoms with Crippen LogP contribution in [-0.4, -0.2) is 61.4 Å². The van der Waals surface area contributed by atoms with E-state index >= 15 is 0 Å². The fourth-order valence-corrected chi connectivity index (χ4v) is 2.67. The highest BCUT2D eigenvalue weighted by Crippen LogP contribution is 2.19. The van der Waals surface area contributed by atoms with Gasteiger partial charge >= 0.3 is 6.03 Å². The third kappa shape index (κ3) is 5.75. The third-order valence-corrected chi connectivity index (χ3v) is 4.18. The number of urea groups is 1. The van der Waals surface area contributed by atoms with E-state index in [0.29, 0.717) is 11.4 Å². The van der Waals surface area contributed by atoms with Crippen LogP contribution >= 0.6 is 0 Å². The Balaban J connectivity index is 1.91. The number of hydrogen-bond donors (Lipinski definition) is 3. The number of primary amides is 1. The molecule has 0 aliphatic carbocycles. The lowest BCUT2D eigenvalue weighted by Gasteiger charge is -2.17. The smallest absolute Gasteiger partial charge is 0.321 e. The molecule has 1 saturated heterocycles. The fourth-order valence-electron chi connectivity index (χ4n) is 2.67. The molecule has 4 N–H and O–H groups in total. The second kappa shape index (κ2) is 8.48. The first kappa shape index (κ1) is 18.7. The first-order valence-electron chi connectivity index (χ1n) is 8.25. The van der Waals surface area contributed by atoms with E-state index in [4.69, 9.17) is 5.73 Å². The molecule has 0 bridgehead atoms.